The van der Waals surface area contributed by atoms with Gasteiger partial charge >= 0.3 is 0 Å². The van der Waals surface area contributed by atoms with Crippen molar-refractivity contribution in [1.29, 1.82) is 0 Å². The topological polar surface area (TPSA) is 32.5 Å². The molecule has 3 aliphatic rings. The molecule has 3 rings (SSSR count). The van der Waals surface area contributed by atoms with Gasteiger partial charge in [0.1, 0.15) is 0 Å². The third-order valence-corrected chi connectivity index (χ3v) is 6.07. The Balaban J connectivity index is 1.65. The standard InChI is InChI=1S/C17H33N3/c1-14-5-2-6-15(11-14)17(12-18)20-10-4-9-19-8-3-7-16(19)13-20/h14-17H,2-13,18H2,1H3. The van der Waals surface area contributed by atoms with E-state index < -0.39 is 0 Å². The molecular weight excluding hydrogens is 246 g/mol. The molecule has 3 fully saturated rings. The van der Waals surface area contributed by atoms with E-state index in [1.165, 1.54) is 71.1 Å². The maximum absolute atomic E-state index is 6.21. The Kier molecular flexibility index (Phi) is 5.00. The molecule has 1 saturated carbocycles. The van der Waals surface area contributed by atoms with E-state index in [2.05, 4.69) is 16.7 Å². The summed E-state index contributed by atoms with van der Waals surface area (Å²) in [4.78, 5) is 5.51. The average Bonchev–Trinajstić information content (AvgIpc) is 2.78. The van der Waals surface area contributed by atoms with E-state index in [1.807, 2.05) is 0 Å². The largest absolute Gasteiger partial charge is 0.329 e. The van der Waals surface area contributed by atoms with E-state index in [-0.39, 0.29) is 0 Å². The van der Waals surface area contributed by atoms with Crippen molar-refractivity contribution in [3.8, 4) is 0 Å². The van der Waals surface area contributed by atoms with Gasteiger partial charge in [-0.15, -0.1) is 0 Å². The van der Waals surface area contributed by atoms with Gasteiger partial charge in [-0.3, -0.25) is 9.80 Å². The second-order valence-electron chi connectivity index (χ2n) is 7.52. The summed E-state index contributed by atoms with van der Waals surface area (Å²) in [7, 11) is 0. The van der Waals surface area contributed by atoms with Crippen molar-refractivity contribution in [3.05, 3.63) is 0 Å². The maximum Gasteiger partial charge on any atom is 0.0247 e. The number of hydrogen-bond acceptors (Lipinski definition) is 3. The fraction of sp³-hybridized carbons (Fsp3) is 1.00. The SMILES string of the molecule is CC1CCCC(C(CN)N2CCCN3CCCC3C2)C1. The van der Waals surface area contributed by atoms with Crippen LogP contribution in [0.4, 0.5) is 0 Å². The van der Waals surface area contributed by atoms with Crippen LogP contribution in [-0.4, -0.2) is 54.6 Å². The Bertz CT molecular complexity index is 307. The second-order valence-corrected chi connectivity index (χ2v) is 7.52. The van der Waals surface area contributed by atoms with Crippen molar-refractivity contribution < 1.29 is 0 Å². The quantitative estimate of drug-likeness (QED) is 0.860. The lowest BCUT2D eigenvalue weighted by Crippen LogP contribution is -2.49. The van der Waals surface area contributed by atoms with Gasteiger partial charge in [-0.05, 0) is 63.6 Å². The third kappa shape index (κ3) is 3.20. The van der Waals surface area contributed by atoms with E-state index in [4.69, 9.17) is 5.73 Å². The summed E-state index contributed by atoms with van der Waals surface area (Å²) in [6.07, 6.45) is 9.84. The van der Waals surface area contributed by atoms with Crippen LogP contribution in [-0.2, 0) is 0 Å². The molecule has 3 nitrogen and oxygen atoms in total. The summed E-state index contributed by atoms with van der Waals surface area (Å²) in [5, 5.41) is 0. The number of nitrogens with two attached hydrogens (primary N) is 1. The van der Waals surface area contributed by atoms with Gasteiger partial charge in [-0.2, -0.15) is 0 Å². The van der Waals surface area contributed by atoms with E-state index >= 15 is 0 Å². The third-order valence-electron chi connectivity index (χ3n) is 6.07. The number of rotatable bonds is 3. The first-order chi connectivity index (χ1) is 9.78. The molecule has 0 spiro atoms. The minimum Gasteiger partial charge on any atom is -0.329 e. The Morgan fingerprint density at radius 2 is 1.90 bits per heavy atom. The molecule has 2 N–H and O–H groups in total. The first-order valence-electron chi connectivity index (χ1n) is 8.96. The van der Waals surface area contributed by atoms with Gasteiger partial charge in [-0.25, -0.2) is 0 Å². The number of nitrogens with zero attached hydrogens (tertiary/aromatic N) is 2. The summed E-state index contributed by atoms with van der Waals surface area (Å²) >= 11 is 0. The van der Waals surface area contributed by atoms with E-state index in [9.17, 15) is 0 Å². The summed E-state index contributed by atoms with van der Waals surface area (Å²) in [6.45, 7) is 8.52. The lowest BCUT2D eigenvalue weighted by molar-refractivity contribution is 0.0997. The average molecular weight is 279 g/mol. The van der Waals surface area contributed by atoms with Gasteiger partial charge in [0.05, 0.1) is 0 Å². The molecule has 0 aromatic rings. The minimum atomic E-state index is 0.651. The normalized spacial score (nSPS) is 38.4. The molecule has 3 heteroatoms. The van der Waals surface area contributed by atoms with E-state index in [0.29, 0.717) is 6.04 Å². The van der Waals surface area contributed by atoms with Gasteiger partial charge in [0, 0.05) is 25.2 Å². The van der Waals surface area contributed by atoms with Crippen molar-refractivity contribution >= 4 is 0 Å². The first kappa shape index (κ1) is 14.8. The molecule has 4 atom stereocenters. The Morgan fingerprint density at radius 3 is 2.70 bits per heavy atom. The van der Waals surface area contributed by atoms with Crippen LogP contribution in [0, 0.1) is 11.8 Å². The monoisotopic (exact) mass is 279 g/mol. The highest BCUT2D eigenvalue weighted by Gasteiger charge is 2.35. The fourth-order valence-corrected chi connectivity index (χ4v) is 5.01. The molecule has 0 aromatic carbocycles. The van der Waals surface area contributed by atoms with Crippen molar-refractivity contribution in [2.75, 3.05) is 32.7 Å². The highest BCUT2D eigenvalue weighted by atomic mass is 15.3. The van der Waals surface area contributed by atoms with Gasteiger partial charge in [0.25, 0.3) is 0 Å². The van der Waals surface area contributed by atoms with E-state index in [1.54, 1.807) is 0 Å². The van der Waals surface area contributed by atoms with Gasteiger partial charge in [0.2, 0.25) is 0 Å². The Morgan fingerprint density at radius 1 is 1.05 bits per heavy atom. The summed E-state index contributed by atoms with van der Waals surface area (Å²) < 4.78 is 0. The molecule has 20 heavy (non-hydrogen) atoms. The molecule has 2 heterocycles. The molecule has 0 radical (unpaired) electrons. The Hall–Kier alpha value is -0.120. The molecule has 0 aromatic heterocycles. The van der Waals surface area contributed by atoms with Crippen LogP contribution in [0.3, 0.4) is 0 Å². The van der Waals surface area contributed by atoms with Crippen LogP contribution in [0.5, 0.6) is 0 Å². The van der Waals surface area contributed by atoms with Crippen LogP contribution < -0.4 is 5.73 Å². The zero-order chi connectivity index (χ0) is 13.9. The summed E-state index contributed by atoms with van der Waals surface area (Å²) in [5.41, 5.74) is 6.21. The van der Waals surface area contributed by atoms with Crippen LogP contribution in [0.25, 0.3) is 0 Å². The van der Waals surface area contributed by atoms with Gasteiger partial charge in [-0.1, -0.05) is 19.8 Å². The molecule has 4 unspecified atom stereocenters. The molecular formula is C17H33N3. The van der Waals surface area contributed by atoms with Crippen LogP contribution in [0.2, 0.25) is 0 Å². The molecule has 0 amide bonds. The zero-order valence-electron chi connectivity index (χ0n) is 13.3. The van der Waals surface area contributed by atoms with Crippen LogP contribution in [0.15, 0.2) is 0 Å². The maximum atomic E-state index is 6.21. The van der Waals surface area contributed by atoms with Gasteiger partial charge < -0.3 is 5.73 Å². The fourth-order valence-electron chi connectivity index (χ4n) is 5.01. The van der Waals surface area contributed by atoms with Crippen LogP contribution in [0.1, 0.15) is 51.9 Å². The lowest BCUT2D eigenvalue weighted by atomic mass is 9.78. The van der Waals surface area contributed by atoms with Crippen molar-refractivity contribution in [2.24, 2.45) is 17.6 Å². The zero-order valence-corrected chi connectivity index (χ0v) is 13.3. The highest BCUT2D eigenvalue weighted by molar-refractivity contribution is 4.91. The molecule has 2 saturated heterocycles. The lowest BCUT2D eigenvalue weighted by Gasteiger charge is -2.40. The molecule has 116 valence electrons. The van der Waals surface area contributed by atoms with Crippen molar-refractivity contribution in [1.82, 2.24) is 9.80 Å². The Labute approximate surface area is 124 Å². The first-order valence-corrected chi connectivity index (χ1v) is 8.96. The van der Waals surface area contributed by atoms with Crippen molar-refractivity contribution in [2.45, 2.75) is 64.0 Å². The van der Waals surface area contributed by atoms with Gasteiger partial charge in [0.15, 0.2) is 0 Å². The highest BCUT2D eigenvalue weighted by Crippen LogP contribution is 2.33. The molecule has 0 bridgehead atoms. The number of fused-ring (bicyclic) bond motifs is 1. The minimum absolute atomic E-state index is 0.651. The molecule has 1 aliphatic carbocycles. The predicted octanol–water partition coefficient (Wildman–Crippen LogP) is 2.31. The van der Waals surface area contributed by atoms with Crippen molar-refractivity contribution in [3.63, 3.8) is 0 Å². The number of hydrogen-bond donors (Lipinski definition) is 1. The van der Waals surface area contributed by atoms with E-state index in [0.717, 1.165) is 24.4 Å². The molecule has 2 aliphatic heterocycles. The van der Waals surface area contributed by atoms with Crippen LogP contribution >= 0.6 is 0 Å². The summed E-state index contributed by atoms with van der Waals surface area (Å²) in [5.74, 6) is 1.77. The second kappa shape index (κ2) is 6.76. The predicted molar refractivity (Wildman–Crippen MR) is 84.7 cm³/mol. The smallest absolute Gasteiger partial charge is 0.0247 e. The summed E-state index contributed by atoms with van der Waals surface area (Å²) in [6, 6.07) is 1.48.